The summed E-state index contributed by atoms with van der Waals surface area (Å²) in [5.74, 6) is 0.373. The Hall–Kier alpha value is -3.47. The lowest BCUT2D eigenvalue weighted by molar-refractivity contribution is 0.348. The summed E-state index contributed by atoms with van der Waals surface area (Å²) in [5.41, 5.74) is 4.30. The van der Waals surface area contributed by atoms with Crippen molar-refractivity contribution in [3.05, 3.63) is 41.7 Å². The summed E-state index contributed by atoms with van der Waals surface area (Å²) in [7, 11) is 0. The topological polar surface area (TPSA) is 109 Å². The minimum atomic E-state index is -0.527. The van der Waals surface area contributed by atoms with Gasteiger partial charge in [-0.25, -0.2) is 9.37 Å². The van der Waals surface area contributed by atoms with Crippen LogP contribution in [0.4, 0.5) is 27.4 Å². The van der Waals surface area contributed by atoms with E-state index >= 15 is 0 Å². The molecule has 2 unspecified atom stereocenters. The Morgan fingerprint density at radius 2 is 2.03 bits per heavy atom. The minimum absolute atomic E-state index is 0.130. The number of anilines is 4. The lowest BCUT2D eigenvalue weighted by Crippen LogP contribution is -2.31. The molecule has 2 aromatic rings. The van der Waals surface area contributed by atoms with Gasteiger partial charge in [0.05, 0.1) is 17.5 Å². The second-order valence-electron chi connectivity index (χ2n) is 7.10. The summed E-state index contributed by atoms with van der Waals surface area (Å²) in [5, 5.41) is 26.5. The van der Waals surface area contributed by atoms with Crippen molar-refractivity contribution in [1.82, 2.24) is 4.98 Å². The lowest BCUT2D eigenvalue weighted by atomic mass is 9.86. The molecule has 3 rings (SSSR count). The van der Waals surface area contributed by atoms with Gasteiger partial charge in [-0.2, -0.15) is 10.4 Å². The summed E-state index contributed by atoms with van der Waals surface area (Å²) in [4.78, 5) is 4.37. The highest BCUT2D eigenvalue weighted by Gasteiger charge is 2.23. The SMILES string of the molecule is CC1CCCCC1Nc1nc(Nc2cccc(N/N=C\C=N)c2)c(C#N)cc1F. The molecule has 0 radical (unpaired) electrons. The molecule has 150 valence electrons. The summed E-state index contributed by atoms with van der Waals surface area (Å²) in [6.07, 6.45) is 6.79. The molecule has 8 heteroatoms. The van der Waals surface area contributed by atoms with E-state index < -0.39 is 5.82 Å². The van der Waals surface area contributed by atoms with Gasteiger partial charge in [0.25, 0.3) is 0 Å². The number of hydrogen-bond acceptors (Lipinski definition) is 7. The smallest absolute Gasteiger partial charge is 0.166 e. The van der Waals surface area contributed by atoms with Crippen molar-refractivity contribution in [1.29, 1.82) is 10.7 Å². The monoisotopic (exact) mass is 393 g/mol. The summed E-state index contributed by atoms with van der Waals surface area (Å²) < 4.78 is 14.5. The van der Waals surface area contributed by atoms with Gasteiger partial charge in [-0.1, -0.05) is 25.8 Å². The van der Waals surface area contributed by atoms with Crippen LogP contribution in [0.1, 0.15) is 38.2 Å². The zero-order valence-corrected chi connectivity index (χ0v) is 16.2. The van der Waals surface area contributed by atoms with E-state index in [2.05, 4.69) is 33.1 Å². The Balaban J connectivity index is 1.83. The number of benzene rings is 1. The van der Waals surface area contributed by atoms with Gasteiger partial charge in [0.15, 0.2) is 17.5 Å². The molecule has 1 fully saturated rings. The molecule has 1 saturated carbocycles. The first-order valence-electron chi connectivity index (χ1n) is 9.63. The molecular weight excluding hydrogens is 369 g/mol. The van der Waals surface area contributed by atoms with Crippen molar-refractivity contribution in [3.8, 4) is 6.07 Å². The Labute approximate surface area is 169 Å². The molecule has 1 heterocycles. The molecule has 4 N–H and O–H groups in total. The number of nitrogens with zero attached hydrogens (tertiary/aromatic N) is 3. The highest BCUT2D eigenvalue weighted by atomic mass is 19.1. The normalized spacial score (nSPS) is 18.8. The van der Waals surface area contributed by atoms with E-state index in [4.69, 9.17) is 5.41 Å². The van der Waals surface area contributed by atoms with Gasteiger partial charge in [0, 0.05) is 17.9 Å². The summed E-state index contributed by atoms with van der Waals surface area (Å²) >= 11 is 0. The third-order valence-corrected chi connectivity index (χ3v) is 5.00. The third-order valence-electron chi connectivity index (χ3n) is 5.00. The first-order chi connectivity index (χ1) is 14.1. The molecule has 29 heavy (non-hydrogen) atoms. The average Bonchev–Trinajstić information content (AvgIpc) is 2.72. The molecule has 1 aromatic heterocycles. The van der Waals surface area contributed by atoms with Gasteiger partial charge in [-0.15, -0.1) is 0 Å². The fourth-order valence-corrected chi connectivity index (χ4v) is 3.43. The highest BCUT2D eigenvalue weighted by Crippen LogP contribution is 2.29. The zero-order chi connectivity index (χ0) is 20.6. The van der Waals surface area contributed by atoms with Gasteiger partial charge >= 0.3 is 0 Å². The van der Waals surface area contributed by atoms with Gasteiger partial charge in [0.1, 0.15) is 6.07 Å². The fraction of sp³-hybridized carbons (Fsp3) is 0.333. The number of rotatable bonds is 7. The van der Waals surface area contributed by atoms with Crippen LogP contribution < -0.4 is 16.1 Å². The fourth-order valence-electron chi connectivity index (χ4n) is 3.43. The van der Waals surface area contributed by atoms with Crippen LogP contribution in [0.5, 0.6) is 0 Å². The van der Waals surface area contributed by atoms with E-state index in [9.17, 15) is 9.65 Å². The number of aromatic nitrogens is 1. The quantitative estimate of drug-likeness (QED) is 0.396. The Morgan fingerprint density at radius 3 is 2.79 bits per heavy atom. The maximum absolute atomic E-state index is 14.5. The van der Waals surface area contributed by atoms with E-state index in [0.717, 1.165) is 25.5 Å². The van der Waals surface area contributed by atoms with Crippen LogP contribution in [0.2, 0.25) is 0 Å². The molecule has 1 aromatic carbocycles. The summed E-state index contributed by atoms with van der Waals surface area (Å²) in [6, 6.07) is 10.6. The second kappa shape index (κ2) is 9.64. The molecule has 0 spiro atoms. The van der Waals surface area contributed by atoms with Crippen LogP contribution in [0.3, 0.4) is 0 Å². The molecule has 1 aliphatic rings. The van der Waals surface area contributed by atoms with Gasteiger partial charge < -0.3 is 16.0 Å². The molecule has 0 bridgehead atoms. The van der Waals surface area contributed by atoms with Crippen LogP contribution in [0.25, 0.3) is 0 Å². The zero-order valence-electron chi connectivity index (χ0n) is 16.2. The Bertz CT molecular complexity index is 935. The Morgan fingerprint density at radius 1 is 1.24 bits per heavy atom. The largest absolute Gasteiger partial charge is 0.365 e. The molecular formula is C21H24FN7. The van der Waals surface area contributed by atoms with Crippen LogP contribution in [-0.2, 0) is 0 Å². The number of nitrogens with one attached hydrogen (secondary N) is 4. The molecule has 7 nitrogen and oxygen atoms in total. The predicted octanol–water partition coefficient (Wildman–Crippen LogP) is 4.87. The van der Waals surface area contributed by atoms with Crippen molar-refractivity contribution in [2.75, 3.05) is 16.1 Å². The van der Waals surface area contributed by atoms with E-state index in [-0.39, 0.29) is 17.4 Å². The minimum Gasteiger partial charge on any atom is -0.365 e. The number of halogens is 1. The summed E-state index contributed by atoms with van der Waals surface area (Å²) in [6.45, 7) is 2.16. The van der Waals surface area contributed by atoms with Crippen LogP contribution in [-0.4, -0.2) is 23.5 Å². The number of pyridine rings is 1. The van der Waals surface area contributed by atoms with Gasteiger partial charge in [-0.3, -0.25) is 5.43 Å². The van der Waals surface area contributed by atoms with Crippen LogP contribution in [0, 0.1) is 28.5 Å². The molecule has 0 amide bonds. The lowest BCUT2D eigenvalue weighted by Gasteiger charge is -2.30. The van der Waals surface area contributed by atoms with Crippen molar-refractivity contribution in [2.24, 2.45) is 11.0 Å². The first-order valence-corrected chi connectivity index (χ1v) is 9.63. The van der Waals surface area contributed by atoms with Crippen molar-refractivity contribution < 1.29 is 4.39 Å². The van der Waals surface area contributed by atoms with Gasteiger partial charge in [0.2, 0.25) is 0 Å². The van der Waals surface area contributed by atoms with Gasteiger partial charge in [-0.05, 0) is 43.0 Å². The number of nitriles is 1. The first kappa shape index (κ1) is 20.3. The van der Waals surface area contributed by atoms with Crippen LogP contribution >= 0.6 is 0 Å². The number of hydrogen-bond donors (Lipinski definition) is 4. The standard InChI is InChI=1S/C21H24FN7/c1-14-5-2-3-8-19(14)27-21-18(22)11-15(13-24)20(28-21)26-16-6-4-7-17(12-16)29-25-10-9-23/h4,6-7,9-12,14,19,23,29H,2-3,5,8H2,1H3,(H2,26,27,28)/b23-9?,25-10-. The van der Waals surface area contributed by atoms with Crippen molar-refractivity contribution in [2.45, 2.75) is 38.6 Å². The molecule has 2 atom stereocenters. The third kappa shape index (κ3) is 5.29. The highest BCUT2D eigenvalue weighted by molar-refractivity contribution is 6.14. The maximum Gasteiger partial charge on any atom is 0.166 e. The molecule has 1 aliphatic carbocycles. The average molecular weight is 393 g/mol. The predicted molar refractivity (Wildman–Crippen MR) is 115 cm³/mol. The van der Waals surface area contributed by atoms with Crippen molar-refractivity contribution in [3.63, 3.8) is 0 Å². The number of hydrazone groups is 1. The van der Waals surface area contributed by atoms with E-state index in [1.807, 2.05) is 24.3 Å². The van der Waals surface area contributed by atoms with E-state index in [1.54, 1.807) is 6.07 Å². The second-order valence-corrected chi connectivity index (χ2v) is 7.10. The Kier molecular flexibility index (Phi) is 6.74. The van der Waals surface area contributed by atoms with Crippen molar-refractivity contribution >= 4 is 35.4 Å². The maximum atomic E-state index is 14.5. The van der Waals surface area contributed by atoms with E-state index in [1.165, 1.54) is 18.7 Å². The van der Waals surface area contributed by atoms with E-state index in [0.29, 0.717) is 23.1 Å². The molecule has 0 saturated heterocycles. The molecule has 0 aliphatic heterocycles. The van der Waals surface area contributed by atoms with Crippen LogP contribution in [0.15, 0.2) is 35.4 Å².